The third-order valence-electron chi connectivity index (χ3n) is 5.21. The van der Waals surface area contributed by atoms with E-state index in [0.717, 1.165) is 47.4 Å². The van der Waals surface area contributed by atoms with Gasteiger partial charge in [0.1, 0.15) is 11.4 Å². The van der Waals surface area contributed by atoms with Gasteiger partial charge < -0.3 is 15.0 Å². The lowest BCUT2D eigenvalue weighted by atomic mass is 10.1. The van der Waals surface area contributed by atoms with Crippen molar-refractivity contribution in [1.82, 2.24) is 15.1 Å². The molecular weight excluding hydrogens is 383 g/mol. The topological polar surface area (TPSA) is 59.4 Å². The van der Waals surface area contributed by atoms with Crippen molar-refractivity contribution in [3.8, 4) is 5.69 Å². The lowest BCUT2D eigenvalue weighted by Gasteiger charge is -2.23. The van der Waals surface area contributed by atoms with E-state index < -0.39 is 5.60 Å². The number of halogens is 1. The Morgan fingerprint density at radius 1 is 1.23 bits per heavy atom. The molecule has 4 rings (SSSR count). The van der Waals surface area contributed by atoms with E-state index in [1.807, 2.05) is 31.6 Å². The van der Waals surface area contributed by atoms with Gasteiger partial charge in [0.25, 0.3) is 0 Å². The first-order valence-electron chi connectivity index (χ1n) is 10.2. The highest BCUT2D eigenvalue weighted by Crippen LogP contribution is 2.30. The second-order valence-corrected chi connectivity index (χ2v) is 8.81. The number of nitrogens with zero attached hydrogens (tertiary/aromatic N) is 3. The van der Waals surface area contributed by atoms with Crippen molar-refractivity contribution in [2.45, 2.75) is 45.8 Å². The molecule has 0 aliphatic carbocycles. The molecule has 0 unspecified atom stereocenters. The van der Waals surface area contributed by atoms with Crippen LogP contribution in [0.25, 0.3) is 16.6 Å². The predicted molar refractivity (Wildman–Crippen MR) is 116 cm³/mol. The molecule has 2 heterocycles. The van der Waals surface area contributed by atoms with Crippen LogP contribution in [0.3, 0.4) is 0 Å². The number of nitrogens with one attached hydrogen (secondary N) is 1. The molecule has 1 aliphatic rings. The van der Waals surface area contributed by atoms with Crippen molar-refractivity contribution in [1.29, 1.82) is 0 Å². The Kier molecular flexibility index (Phi) is 5.13. The van der Waals surface area contributed by atoms with E-state index in [0.29, 0.717) is 0 Å². The minimum absolute atomic E-state index is 0.0527. The molecular formula is C23H27FN4O2. The van der Waals surface area contributed by atoms with Gasteiger partial charge in [0, 0.05) is 24.2 Å². The SMILES string of the molecule is Cc1cc2c(cnn2-c2ccc(F)cc2)cc1N1CC[C@H](NC(=O)OC(C)(C)C)C1. The average Bonchev–Trinajstić information content (AvgIpc) is 3.27. The van der Waals surface area contributed by atoms with Crippen molar-refractivity contribution in [2.24, 2.45) is 0 Å². The predicted octanol–water partition coefficient (Wildman–Crippen LogP) is 4.58. The molecule has 7 heteroatoms. The number of hydrogen-bond acceptors (Lipinski definition) is 4. The van der Waals surface area contributed by atoms with Crippen LogP contribution in [0.4, 0.5) is 14.9 Å². The molecule has 1 aliphatic heterocycles. The molecule has 30 heavy (non-hydrogen) atoms. The van der Waals surface area contributed by atoms with Crippen LogP contribution in [0, 0.1) is 12.7 Å². The van der Waals surface area contributed by atoms with Gasteiger partial charge in [-0.25, -0.2) is 13.9 Å². The van der Waals surface area contributed by atoms with Gasteiger partial charge in [0.15, 0.2) is 0 Å². The number of aryl methyl sites for hydroxylation is 1. The Balaban J connectivity index is 1.52. The summed E-state index contributed by atoms with van der Waals surface area (Å²) >= 11 is 0. The molecule has 1 aromatic heterocycles. The first-order chi connectivity index (χ1) is 14.2. The third kappa shape index (κ3) is 4.25. The van der Waals surface area contributed by atoms with Gasteiger partial charge in [-0.2, -0.15) is 5.10 Å². The number of carbonyl (C=O) groups excluding carboxylic acids is 1. The second kappa shape index (κ2) is 7.63. The summed E-state index contributed by atoms with van der Waals surface area (Å²) in [5, 5.41) is 8.48. The Labute approximate surface area is 175 Å². The quantitative estimate of drug-likeness (QED) is 0.687. The highest BCUT2D eigenvalue weighted by atomic mass is 19.1. The smallest absolute Gasteiger partial charge is 0.407 e. The highest BCUT2D eigenvalue weighted by molar-refractivity contribution is 5.86. The molecule has 0 radical (unpaired) electrons. The zero-order valence-electron chi connectivity index (χ0n) is 17.8. The van der Waals surface area contributed by atoms with Gasteiger partial charge in [-0.3, -0.25) is 0 Å². The van der Waals surface area contributed by atoms with E-state index in [1.54, 1.807) is 12.1 Å². The van der Waals surface area contributed by atoms with Crippen LogP contribution in [0.2, 0.25) is 0 Å². The number of amides is 1. The lowest BCUT2D eigenvalue weighted by Crippen LogP contribution is -2.40. The number of benzene rings is 2. The van der Waals surface area contributed by atoms with Crippen LogP contribution in [0.15, 0.2) is 42.6 Å². The number of ether oxygens (including phenoxy) is 1. The van der Waals surface area contributed by atoms with E-state index >= 15 is 0 Å². The molecule has 158 valence electrons. The van der Waals surface area contributed by atoms with Crippen molar-refractivity contribution in [2.75, 3.05) is 18.0 Å². The third-order valence-corrected chi connectivity index (χ3v) is 5.21. The molecule has 1 fully saturated rings. The largest absolute Gasteiger partial charge is 0.444 e. The summed E-state index contributed by atoms with van der Waals surface area (Å²) in [5.41, 5.74) is 3.56. The van der Waals surface area contributed by atoms with Crippen molar-refractivity contribution >= 4 is 22.7 Å². The number of hydrogen-bond donors (Lipinski definition) is 1. The van der Waals surface area contributed by atoms with E-state index in [9.17, 15) is 9.18 Å². The molecule has 0 bridgehead atoms. The second-order valence-electron chi connectivity index (χ2n) is 8.81. The number of alkyl carbamates (subject to hydrolysis) is 1. The van der Waals surface area contributed by atoms with Gasteiger partial charge in [-0.1, -0.05) is 0 Å². The Morgan fingerprint density at radius 3 is 2.67 bits per heavy atom. The Hall–Kier alpha value is -3.09. The number of aromatic nitrogens is 2. The van der Waals surface area contributed by atoms with Gasteiger partial charge in [0.05, 0.1) is 23.4 Å². The van der Waals surface area contributed by atoms with Crippen LogP contribution >= 0.6 is 0 Å². The van der Waals surface area contributed by atoms with Crippen molar-refractivity contribution in [3.05, 3.63) is 54.0 Å². The van der Waals surface area contributed by atoms with Crippen molar-refractivity contribution in [3.63, 3.8) is 0 Å². The zero-order chi connectivity index (χ0) is 21.5. The van der Waals surface area contributed by atoms with Gasteiger partial charge >= 0.3 is 6.09 Å². The van der Waals surface area contributed by atoms with Crippen LogP contribution < -0.4 is 10.2 Å². The number of carbonyl (C=O) groups is 1. The molecule has 6 nitrogen and oxygen atoms in total. The van der Waals surface area contributed by atoms with Crippen LogP contribution in [0.5, 0.6) is 0 Å². The summed E-state index contributed by atoms with van der Waals surface area (Å²) in [6.07, 6.45) is 2.32. The van der Waals surface area contributed by atoms with Crippen molar-refractivity contribution < 1.29 is 13.9 Å². The fourth-order valence-electron chi connectivity index (χ4n) is 3.87. The van der Waals surface area contributed by atoms with E-state index in [2.05, 4.69) is 34.4 Å². The maximum Gasteiger partial charge on any atom is 0.407 e. The summed E-state index contributed by atoms with van der Waals surface area (Å²) in [5.74, 6) is -0.266. The minimum atomic E-state index is -0.505. The molecule has 2 aromatic carbocycles. The average molecular weight is 410 g/mol. The zero-order valence-corrected chi connectivity index (χ0v) is 17.8. The fourth-order valence-corrected chi connectivity index (χ4v) is 3.87. The van der Waals surface area contributed by atoms with Gasteiger partial charge in [-0.15, -0.1) is 0 Å². The van der Waals surface area contributed by atoms with E-state index in [4.69, 9.17) is 4.74 Å². The minimum Gasteiger partial charge on any atom is -0.444 e. The molecule has 0 spiro atoms. The summed E-state index contributed by atoms with van der Waals surface area (Å²) in [4.78, 5) is 14.4. The monoisotopic (exact) mass is 410 g/mol. The first kappa shape index (κ1) is 20.2. The molecule has 1 saturated heterocycles. The Bertz CT molecular complexity index is 1070. The summed E-state index contributed by atoms with van der Waals surface area (Å²) in [6, 6.07) is 10.6. The maximum atomic E-state index is 13.3. The van der Waals surface area contributed by atoms with Crippen LogP contribution in [-0.4, -0.2) is 40.6 Å². The van der Waals surface area contributed by atoms with Crippen LogP contribution in [-0.2, 0) is 4.74 Å². The maximum absolute atomic E-state index is 13.3. The van der Waals surface area contributed by atoms with E-state index in [1.165, 1.54) is 12.1 Å². The molecule has 3 aromatic rings. The van der Waals surface area contributed by atoms with Gasteiger partial charge in [0.2, 0.25) is 0 Å². The lowest BCUT2D eigenvalue weighted by molar-refractivity contribution is 0.0509. The Morgan fingerprint density at radius 2 is 1.97 bits per heavy atom. The molecule has 1 atom stereocenters. The summed E-state index contributed by atoms with van der Waals surface area (Å²) in [7, 11) is 0. The van der Waals surface area contributed by atoms with E-state index in [-0.39, 0.29) is 18.0 Å². The molecule has 1 N–H and O–H groups in total. The normalized spacial score (nSPS) is 16.8. The number of anilines is 1. The number of fused-ring (bicyclic) bond motifs is 1. The summed E-state index contributed by atoms with van der Waals surface area (Å²) in [6.45, 7) is 9.25. The summed E-state index contributed by atoms with van der Waals surface area (Å²) < 4.78 is 20.4. The standard InChI is InChI=1S/C23H27FN4O2/c1-15-11-21-16(13-25-28(21)19-7-5-17(24)6-8-19)12-20(15)27-10-9-18(14-27)26-22(29)30-23(2,3)4/h5-8,11-13,18H,9-10,14H2,1-4H3,(H,26,29)/t18-/m0/s1. The highest BCUT2D eigenvalue weighted by Gasteiger charge is 2.27. The fraction of sp³-hybridized carbons (Fsp3) is 0.391. The van der Waals surface area contributed by atoms with Crippen LogP contribution in [0.1, 0.15) is 32.8 Å². The number of rotatable bonds is 3. The first-order valence-corrected chi connectivity index (χ1v) is 10.2. The molecule has 1 amide bonds. The molecule has 0 saturated carbocycles. The van der Waals surface area contributed by atoms with Gasteiger partial charge in [-0.05, 0) is 76.1 Å².